The first-order valence-corrected chi connectivity index (χ1v) is 6.67. The molecule has 2 aromatic rings. The standard InChI is InChI=1S/C15H14FN3O4/c1-9(23-11-6-4-10(16)5-7-11)13(20)18-19-15(22)12-3-2-8-17-14(12)21/h2-9H,1H3,(H,17,21)(H,18,20)(H,19,22). The molecule has 0 aliphatic rings. The lowest BCUT2D eigenvalue weighted by Gasteiger charge is -2.15. The predicted molar refractivity (Wildman–Crippen MR) is 79.2 cm³/mol. The summed E-state index contributed by atoms with van der Waals surface area (Å²) in [6.45, 7) is 1.46. The van der Waals surface area contributed by atoms with Crippen LogP contribution in [-0.4, -0.2) is 22.9 Å². The summed E-state index contributed by atoms with van der Waals surface area (Å²) in [6, 6.07) is 7.95. The minimum atomic E-state index is -0.935. The summed E-state index contributed by atoms with van der Waals surface area (Å²) in [7, 11) is 0. The number of hydrogen-bond acceptors (Lipinski definition) is 4. The zero-order valence-electron chi connectivity index (χ0n) is 12.1. The number of H-pyrrole nitrogens is 1. The van der Waals surface area contributed by atoms with E-state index in [2.05, 4.69) is 15.8 Å². The number of benzene rings is 1. The molecule has 7 nitrogen and oxygen atoms in total. The second kappa shape index (κ2) is 7.21. The second-order valence-corrected chi connectivity index (χ2v) is 4.57. The van der Waals surface area contributed by atoms with E-state index < -0.39 is 29.3 Å². The quantitative estimate of drug-likeness (QED) is 0.724. The SMILES string of the molecule is CC(Oc1ccc(F)cc1)C(=O)NNC(=O)c1ccc[nH]c1=O. The lowest BCUT2D eigenvalue weighted by atomic mass is 10.3. The van der Waals surface area contributed by atoms with Crippen LogP contribution in [0, 0.1) is 5.82 Å². The third-order valence-electron chi connectivity index (χ3n) is 2.86. The Hall–Kier alpha value is -3.16. The molecule has 3 N–H and O–H groups in total. The van der Waals surface area contributed by atoms with Gasteiger partial charge in [0.1, 0.15) is 17.1 Å². The molecule has 1 heterocycles. The van der Waals surface area contributed by atoms with Gasteiger partial charge in [0, 0.05) is 6.20 Å². The van der Waals surface area contributed by atoms with Gasteiger partial charge < -0.3 is 9.72 Å². The third-order valence-corrected chi connectivity index (χ3v) is 2.86. The van der Waals surface area contributed by atoms with Crippen molar-refractivity contribution in [2.45, 2.75) is 13.0 Å². The summed E-state index contributed by atoms with van der Waals surface area (Å²) in [6.07, 6.45) is 0.450. The molecule has 0 radical (unpaired) electrons. The summed E-state index contributed by atoms with van der Waals surface area (Å²) in [5.41, 5.74) is 3.55. The Morgan fingerprint density at radius 2 is 1.87 bits per heavy atom. The first kappa shape index (κ1) is 16.2. The normalized spacial score (nSPS) is 11.4. The van der Waals surface area contributed by atoms with E-state index in [1.807, 2.05) is 0 Å². The van der Waals surface area contributed by atoms with Gasteiger partial charge in [0.25, 0.3) is 17.4 Å². The summed E-state index contributed by atoms with van der Waals surface area (Å²) in [5.74, 6) is -1.50. The Balaban J connectivity index is 1.89. The summed E-state index contributed by atoms with van der Waals surface area (Å²) < 4.78 is 18.1. The van der Waals surface area contributed by atoms with Gasteiger partial charge >= 0.3 is 0 Å². The maximum atomic E-state index is 12.8. The second-order valence-electron chi connectivity index (χ2n) is 4.57. The predicted octanol–water partition coefficient (Wildman–Crippen LogP) is 0.742. The largest absolute Gasteiger partial charge is 0.481 e. The van der Waals surface area contributed by atoms with Crippen LogP contribution in [0.1, 0.15) is 17.3 Å². The monoisotopic (exact) mass is 319 g/mol. The molecule has 0 saturated carbocycles. The fraction of sp³-hybridized carbons (Fsp3) is 0.133. The Labute approximate surface area is 130 Å². The minimum absolute atomic E-state index is 0.139. The summed E-state index contributed by atoms with van der Waals surface area (Å²) >= 11 is 0. The van der Waals surface area contributed by atoms with Crippen LogP contribution >= 0.6 is 0 Å². The number of amides is 2. The van der Waals surface area contributed by atoms with Gasteiger partial charge in [0.05, 0.1) is 0 Å². The Morgan fingerprint density at radius 3 is 2.52 bits per heavy atom. The number of pyridine rings is 1. The van der Waals surface area contributed by atoms with Crippen molar-refractivity contribution in [3.05, 3.63) is 64.3 Å². The number of halogens is 1. The van der Waals surface area contributed by atoms with Crippen molar-refractivity contribution in [1.29, 1.82) is 0 Å². The summed E-state index contributed by atoms with van der Waals surface area (Å²) in [5, 5.41) is 0. The highest BCUT2D eigenvalue weighted by Gasteiger charge is 2.16. The number of ether oxygens (including phenoxy) is 1. The molecule has 1 unspecified atom stereocenters. The molecule has 120 valence electrons. The van der Waals surface area contributed by atoms with Gasteiger partial charge in [-0.2, -0.15) is 0 Å². The number of hydrogen-bond donors (Lipinski definition) is 3. The van der Waals surface area contributed by atoms with Crippen LogP contribution in [0.25, 0.3) is 0 Å². The van der Waals surface area contributed by atoms with Crippen molar-refractivity contribution >= 4 is 11.8 Å². The molecule has 0 spiro atoms. The lowest BCUT2D eigenvalue weighted by molar-refractivity contribution is -0.128. The molecule has 1 aromatic carbocycles. The number of carbonyl (C=O) groups is 2. The van der Waals surface area contributed by atoms with E-state index in [4.69, 9.17) is 4.74 Å². The molecule has 0 aliphatic heterocycles. The van der Waals surface area contributed by atoms with E-state index in [0.717, 1.165) is 0 Å². The highest BCUT2D eigenvalue weighted by Crippen LogP contribution is 2.12. The van der Waals surface area contributed by atoms with Crippen LogP contribution < -0.4 is 21.1 Å². The number of aromatic nitrogens is 1. The Bertz CT molecular complexity index is 758. The number of carbonyl (C=O) groups excluding carboxylic acids is 2. The minimum Gasteiger partial charge on any atom is -0.481 e. The topological polar surface area (TPSA) is 100 Å². The van der Waals surface area contributed by atoms with Crippen molar-refractivity contribution in [2.75, 3.05) is 0 Å². The molecule has 1 atom stereocenters. The average molecular weight is 319 g/mol. The number of hydrazine groups is 1. The maximum Gasteiger partial charge on any atom is 0.279 e. The van der Waals surface area contributed by atoms with Crippen LogP contribution in [0.5, 0.6) is 5.75 Å². The molecule has 0 aliphatic carbocycles. The van der Waals surface area contributed by atoms with Crippen LogP contribution in [0.2, 0.25) is 0 Å². The van der Waals surface area contributed by atoms with E-state index in [0.29, 0.717) is 5.75 Å². The van der Waals surface area contributed by atoms with Gasteiger partial charge in [0.15, 0.2) is 6.10 Å². The Kier molecular flexibility index (Phi) is 5.08. The van der Waals surface area contributed by atoms with Crippen molar-refractivity contribution in [2.24, 2.45) is 0 Å². The first-order chi connectivity index (χ1) is 11.0. The van der Waals surface area contributed by atoms with Crippen LogP contribution in [0.3, 0.4) is 0 Å². The van der Waals surface area contributed by atoms with Crippen molar-refractivity contribution in [3.8, 4) is 5.75 Å². The van der Waals surface area contributed by atoms with Gasteiger partial charge in [-0.1, -0.05) is 0 Å². The van der Waals surface area contributed by atoms with E-state index >= 15 is 0 Å². The van der Waals surface area contributed by atoms with Gasteiger partial charge in [-0.25, -0.2) is 4.39 Å². The molecular weight excluding hydrogens is 305 g/mol. The molecule has 8 heteroatoms. The van der Waals surface area contributed by atoms with E-state index in [1.165, 1.54) is 49.5 Å². The van der Waals surface area contributed by atoms with Crippen molar-refractivity contribution < 1.29 is 18.7 Å². The zero-order chi connectivity index (χ0) is 16.8. The third kappa shape index (κ3) is 4.40. The fourth-order valence-corrected chi connectivity index (χ4v) is 1.66. The lowest BCUT2D eigenvalue weighted by Crippen LogP contribution is -2.48. The van der Waals surface area contributed by atoms with Crippen LogP contribution in [0.4, 0.5) is 4.39 Å². The molecular formula is C15H14FN3O4. The van der Waals surface area contributed by atoms with E-state index in [9.17, 15) is 18.8 Å². The van der Waals surface area contributed by atoms with E-state index in [1.54, 1.807) is 0 Å². The first-order valence-electron chi connectivity index (χ1n) is 6.67. The molecule has 0 bridgehead atoms. The van der Waals surface area contributed by atoms with E-state index in [-0.39, 0.29) is 5.56 Å². The summed E-state index contributed by atoms with van der Waals surface area (Å²) in [4.78, 5) is 37.4. The van der Waals surface area contributed by atoms with Gasteiger partial charge in [-0.3, -0.25) is 25.2 Å². The van der Waals surface area contributed by atoms with Gasteiger partial charge in [-0.15, -0.1) is 0 Å². The van der Waals surface area contributed by atoms with Crippen molar-refractivity contribution in [1.82, 2.24) is 15.8 Å². The number of rotatable bonds is 4. The van der Waals surface area contributed by atoms with Crippen LogP contribution in [-0.2, 0) is 4.79 Å². The molecule has 2 rings (SSSR count). The number of aromatic amines is 1. The fourth-order valence-electron chi connectivity index (χ4n) is 1.66. The maximum absolute atomic E-state index is 12.8. The smallest absolute Gasteiger partial charge is 0.279 e. The number of nitrogens with one attached hydrogen (secondary N) is 3. The molecule has 23 heavy (non-hydrogen) atoms. The average Bonchev–Trinajstić information content (AvgIpc) is 2.54. The Morgan fingerprint density at radius 1 is 1.17 bits per heavy atom. The highest BCUT2D eigenvalue weighted by atomic mass is 19.1. The molecule has 0 fully saturated rings. The van der Waals surface area contributed by atoms with Crippen molar-refractivity contribution in [3.63, 3.8) is 0 Å². The zero-order valence-corrected chi connectivity index (χ0v) is 12.1. The molecule has 1 aromatic heterocycles. The van der Waals surface area contributed by atoms with Crippen LogP contribution in [0.15, 0.2) is 47.4 Å². The van der Waals surface area contributed by atoms with Gasteiger partial charge in [0.2, 0.25) is 0 Å². The molecule has 2 amide bonds. The highest BCUT2D eigenvalue weighted by molar-refractivity contribution is 5.95. The van der Waals surface area contributed by atoms with Gasteiger partial charge in [-0.05, 0) is 43.3 Å². The molecule has 0 saturated heterocycles.